The van der Waals surface area contributed by atoms with Crippen molar-refractivity contribution >= 4 is 5.91 Å². The highest BCUT2D eigenvalue weighted by Crippen LogP contribution is 2.05. The molecule has 1 aromatic rings. The van der Waals surface area contributed by atoms with Gasteiger partial charge in [-0.1, -0.05) is 11.2 Å². The van der Waals surface area contributed by atoms with E-state index < -0.39 is 0 Å². The molecule has 5 heteroatoms. The van der Waals surface area contributed by atoms with Crippen molar-refractivity contribution in [3.8, 4) is 0 Å². The summed E-state index contributed by atoms with van der Waals surface area (Å²) >= 11 is 0. The fourth-order valence-corrected chi connectivity index (χ4v) is 1.18. The number of aliphatic hydroxyl groups is 1. The van der Waals surface area contributed by atoms with Crippen LogP contribution >= 0.6 is 0 Å². The van der Waals surface area contributed by atoms with Gasteiger partial charge in [0.25, 0.3) is 5.91 Å². The first-order valence-electron chi connectivity index (χ1n) is 4.63. The molecular formula is C10H14N2O3. The fourth-order valence-electron chi connectivity index (χ4n) is 1.18. The molecule has 1 amide bonds. The Balaban J connectivity index is 2.75. The van der Waals surface area contributed by atoms with Gasteiger partial charge in [0, 0.05) is 19.2 Å². The Hall–Kier alpha value is -1.62. The SMILES string of the molecule is C=CCN(CCO)C(=O)c1cc(C)on1. The number of hydrogen-bond acceptors (Lipinski definition) is 4. The molecule has 0 saturated heterocycles. The monoisotopic (exact) mass is 210 g/mol. The van der Waals surface area contributed by atoms with Crippen molar-refractivity contribution in [3.05, 3.63) is 30.2 Å². The standard InChI is InChI=1S/C10H14N2O3/c1-3-4-12(5-6-13)10(14)9-7-8(2)15-11-9/h3,7,13H,1,4-6H2,2H3. The molecule has 0 saturated carbocycles. The normalized spacial score (nSPS) is 10.0. The second-order valence-electron chi connectivity index (χ2n) is 3.09. The molecule has 15 heavy (non-hydrogen) atoms. The molecule has 0 aliphatic rings. The van der Waals surface area contributed by atoms with Crippen LogP contribution in [-0.4, -0.2) is 40.8 Å². The number of nitrogens with zero attached hydrogens (tertiary/aromatic N) is 2. The number of carbonyl (C=O) groups excluding carboxylic acids is 1. The third-order valence-corrected chi connectivity index (χ3v) is 1.85. The number of hydrogen-bond donors (Lipinski definition) is 1. The van der Waals surface area contributed by atoms with Crippen molar-refractivity contribution in [2.75, 3.05) is 19.7 Å². The van der Waals surface area contributed by atoms with Crippen molar-refractivity contribution in [2.45, 2.75) is 6.92 Å². The van der Waals surface area contributed by atoms with Crippen molar-refractivity contribution in [1.82, 2.24) is 10.1 Å². The van der Waals surface area contributed by atoms with E-state index in [1.165, 1.54) is 4.90 Å². The summed E-state index contributed by atoms with van der Waals surface area (Å²) in [4.78, 5) is 13.2. The van der Waals surface area contributed by atoms with Crippen LogP contribution in [0.2, 0.25) is 0 Å². The molecule has 1 aromatic heterocycles. The summed E-state index contributed by atoms with van der Waals surface area (Å²) < 4.78 is 4.81. The summed E-state index contributed by atoms with van der Waals surface area (Å²) in [6.45, 7) is 5.81. The Kier molecular flexibility index (Phi) is 4.05. The lowest BCUT2D eigenvalue weighted by molar-refractivity contribution is 0.0732. The van der Waals surface area contributed by atoms with Gasteiger partial charge in [-0.05, 0) is 6.92 Å². The first kappa shape index (κ1) is 11.5. The molecule has 5 nitrogen and oxygen atoms in total. The lowest BCUT2D eigenvalue weighted by Crippen LogP contribution is -2.33. The van der Waals surface area contributed by atoms with Crippen LogP contribution in [0.25, 0.3) is 0 Å². The van der Waals surface area contributed by atoms with Gasteiger partial charge in [0.15, 0.2) is 5.69 Å². The van der Waals surface area contributed by atoms with E-state index in [0.29, 0.717) is 12.3 Å². The van der Waals surface area contributed by atoms with Gasteiger partial charge in [0.2, 0.25) is 0 Å². The molecule has 0 aliphatic heterocycles. The first-order chi connectivity index (χ1) is 7.19. The molecule has 0 unspecified atom stereocenters. The van der Waals surface area contributed by atoms with Crippen LogP contribution in [0.4, 0.5) is 0 Å². The number of aliphatic hydroxyl groups excluding tert-OH is 1. The molecule has 0 spiro atoms. The molecule has 82 valence electrons. The summed E-state index contributed by atoms with van der Waals surface area (Å²) in [6, 6.07) is 1.57. The molecule has 1 heterocycles. The number of carbonyl (C=O) groups is 1. The Bertz CT molecular complexity index is 346. The van der Waals surface area contributed by atoms with E-state index in [0.717, 1.165) is 0 Å². The van der Waals surface area contributed by atoms with E-state index in [9.17, 15) is 4.79 Å². The molecule has 0 aromatic carbocycles. The third kappa shape index (κ3) is 2.92. The highest BCUT2D eigenvalue weighted by molar-refractivity contribution is 5.92. The quantitative estimate of drug-likeness (QED) is 0.723. The van der Waals surface area contributed by atoms with Gasteiger partial charge in [-0.15, -0.1) is 6.58 Å². The van der Waals surface area contributed by atoms with Crippen molar-refractivity contribution < 1.29 is 14.4 Å². The van der Waals surface area contributed by atoms with E-state index >= 15 is 0 Å². The van der Waals surface area contributed by atoms with Crippen LogP contribution < -0.4 is 0 Å². The molecule has 0 atom stereocenters. The van der Waals surface area contributed by atoms with Gasteiger partial charge >= 0.3 is 0 Å². The molecule has 0 aliphatic carbocycles. The Labute approximate surface area is 88.0 Å². The Morgan fingerprint density at radius 2 is 2.53 bits per heavy atom. The van der Waals surface area contributed by atoms with Gasteiger partial charge in [-0.25, -0.2) is 0 Å². The Morgan fingerprint density at radius 1 is 1.80 bits per heavy atom. The van der Waals surface area contributed by atoms with Gasteiger partial charge in [-0.2, -0.15) is 0 Å². The molecule has 0 radical (unpaired) electrons. The van der Waals surface area contributed by atoms with E-state index in [4.69, 9.17) is 9.63 Å². The van der Waals surface area contributed by atoms with E-state index in [2.05, 4.69) is 11.7 Å². The zero-order valence-electron chi connectivity index (χ0n) is 8.64. The lowest BCUT2D eigenvalue weighted by atomic mass is 10.3. The highest BCUT2D eigenvalue weighted by Gasteiger charge is 2.17. The fraction of sp³-hybridized carbons (Fsp3) is 0.400. The predicted molar refractivity (Wildman–Crippen MR) is 54.4 cm³/mol. The molecule has 0 bridgehead atoms. The number of amides is 1. The van der Waals surface area contributed by atoms with E-state index in [-0.39, 0.29) is 24.8 Å². The zero-order valence-corrected chi connectivity index (χ0v) is 8.64. The number of aromatic nitrogens is 1. The highest BCUT2D eigenvalue weighted by atomic mass is 16.5. The third-order valence-electron chi connectivity index (χ3n) is 1.85. The maximum absolute atomic E-state index is 11.8. The average Bonchev–Trinajstić information content (AvgIpc) is 2.63. The number of aryl methyl sites for hydroxylation is 1. The van der Waals surface area contributed by atoms with Crippen molar-refractivity contribution in [3.63, 3.8) is 0 Å². The van der Waals surface area contributed by atoms with Crippen LogP contribution in [0, 0.1) is 6.92 Å². The molecule has 0 fully saturated rings. The predicted octanol–water partition coefficient (Wildman–Crippen LogP) is 0.604. The maximum atomic E-state index is 11.8. The van der Waals surface area contributed by atoms with Crippen LogP contribution in [0.5, 0.6) is 0 Å². The smallest absolute Gasteiger partial charge is 0.276 e. The lowest BCUT2D eigenvalue weighted by Gasteiger charge is -2.17. The van der Waals surface area contributed by atoms with Gasteiger partial charge in [0.05, 0.1) is 6.61 Å². The minimum atomic E-state index is -0.263. The molecule has 1 rings (SSSR count). The largest absolute Gasteiger partial charge is 0.395 e. The summed E-state index contributed by atoms with van der Waals surface area (Å²) in [5.41, 5.74) is 0.253. The zero-order chi connectivity index (χ0) is 11.3. The average molecular weight is 210 g/mol. The van der Waals surface area contributed by atoms with Crippen LogP contribution in [-0.2, 0) is 0 Å². The van der Waals surface area contributed by atoms with E-state index in [1.54, 1.807) is 19.1 Å². The van der Waals surface area contributed by atoms with Crippen LogP contribution in [0.1, 0.15) is 16.2 Å². The van der Waals surface area contributed by atoms with Gasteiger partial charge < -0.3 is 14.5 Å². The Morgan fingerprint density at radius 3 is 3.00 bits per heavy atom. The first-order valence-corrected chi connectivity index (χ1v) is 4.63. The second kappa shape index (κ2) is 5.31. The van der Waals surface area contributed by atoms with Crippen molar-refractivity contribution in [2.24, 2.45) is 0 Å². The molecule has 1 N–H and O–H groups in total. The topological polar surface area (TPSA) is 66.6 Å². The van der Waals surface area contributed by atoms with Crippen molar-refractivity contribution in [1.29, 1.82) is 0 Å². The van der Waals surface area contributed by atoms with Gasteiger partial charge in [0.1, 0.15) is 5.76 Å². The maximum Gasteiger partial charge on any atom is 0.276 e. The van der Waals surface area contributed by atoms with Crippen LogP contribution in [0.15, 0.2) is 23.2 Å². The van der Waals surface area contributed by atoms with E-state index in [1.807, 2.05) is 0 Å². The second-order valence-corrected chi connectivity index (χ2v) is 3.09. The number of rotatable bonds is 5. The summed E-state index contributed by atoms with van der Waals surface area (Å²) in [5, 5.41) is 12.4. The molecular weight excluding hydrogens is 196 g/mol. The minimum absolute atomic E-state index is 0.0869. The summed E-state index contributed by atoms with van der Waals surface area (Å²) in [7, 11) is 0. The summed E-state index contributed by atoms with van der Waals surface area (Å²) in [6.07, 6.45) is 1.60. The summed E-state index contributed by atoms with van der Waals surface area (Å²) in [5.74, 6) is 0.321. The minimum Gasteiger partial charge on any atom is -0.395 e. The van der Waals surface area contributed by atoms with Crippen LogP contribution in [0.3, 0.4) is 0 Å². The van der Waals surface area contributed by atoms with Gasteiger partial charge in [-0.3, -0.25) is 4.79 Å².